The van der Waals surface area contributed by atoms with E-state index in [0.717, 1.165) is 55.2 Å². The molecule has 1 heterocycles. The van der Waals surface area contributed by atoms with E-state index in [-0.39, 0.29) is 74.4 Å². The van der Waals surface area contributed by atoms with Crippen molar-refractivity contribution in [2.24, 2.45) is 11.8 Å². The van der Waals surface area contributed by atoms with E-state index in [4.69, 9.17) is 37.9 Å². The maximum Gasteiger partial charge on any atom is 0.514 e. The van der Waals surface area contributed by atoms with Gasteiger partial charge in [0.15, 0.2) is 24.1 Å². The van der Waals surface area contributed by atoms with Crippen molar-refractivity contribution in [2.45, 2.75) is 116 Å². The van der Waals surface area contributed by atoms with Gasteiger partial charge in [-0.05, 0) is 76.8 Å². The van der Waals surface area contributed by atoms with Crippen molar-refractivity contribution in [1.82, 2.24) is 5.32 Å². The summed E-state index contributed by atoms with van der Waals surface area (Å²) in [7, 11) is 0. The Morgan fingerprint density at radius 2 is 1.32 bits per heavy atom. The maximum absolute atomic E-state index is 13.8. The minimum Gasteiger partial charge on any atom is -0.465 e. The fourth-order valence-corrected chi connectivity index (χ4v) is 9.08. The van der Waals surface area contributed by atoms with E-state index in [1.807, 2.05) is 48.5 Å². The molecule has 20 heteroatoms. The van der Waals surface area contributed by atoms with E-state index >= 15 is 0 Å². The van der Waals surface area contributed by atoms with Gasteiger partial charge in [0, 0.05) is 45.2 Å². The molecular weight excluding hydrogens is 965 g/mol. The van der Waals surface area contributed by atoms with Crippen molar-refractivity contribution in [3.05, 3.63) is 129 Å². The van der Waals surface area contributed by atoms with Crippen LogP contribution in [0.5, 0.6) is 5.75 Å². The van der Waals surface area contributed by atoms with Crippen LogP contribution in [0.4, 0.5) is 10.5 Å². The fourth-order valence-electron chi connectivity index (χ4n) is 9.08. The Morgan fingerprint density at radius 3 is 1.91 bits per heavy atom. The predicted molar refractivity (Wildman–Crippen MR) is 260 cm³/mol. The molecule has 1 N–H and O–H groups in total. The smallest absolute Gasteiger partial charge is 0.465 e. The highest BCUT2D eigenvalue weighted by molar-refractivity contribution is 5.92. The summed E-state index contributed by atoms with van der Waals surface area (Å²) in [5.41, 5.74) is 5.44. The molecule has 20 nitrogen and oxygen atoms in total. The van der Waals surface area contributed by atoms with E-state index < -0.39 is 89.9 Å². The van der Waals surface area contributed by atoms with Crippen LogP contribution < -0.4 is 10.1 Å². The van der Waals surface area contributed by atoms with Crippen molar-refractivity contribution in [3.8, 4) is 16.9 Å². The summed E-state index contributed by atoms with van der Waals surface area (Å²) in [6.45, 7) is 7.88. The topological polar surface area (TPSA) is 266 Å². The molecular formula is C54H58N2O18. The minimum absolute atomic E-state index is 0.00946. The molecule has 392 valence electrons. The number of hydrogen-bond acceptors (Lipinski definition) is 18. The van der Waals surface area contributed by atoms with Crippen LogP contribution in [-0.4, -0.2) is 103 Å². The third-order valence-corrected chi connectivity index (χ3v) is 12.6. The lowest BCUT2D eigenvalue weighted by molar-refractivity contribution is -0.384. The van der Waals surface area contributed by atoms with Gasteiger partial charge in [0.05, 0.1) is 29.4 Å². The molecule has 0 unspecified atom stereocenters. The van der Waals surface area contributed by atoms with Crippen LogP contribution >= 0.6 is 0 Å². The first-order valence-corrected chi connectivity index (χ1v) is 23.9. The summed E-state index contributed by atoms with van der Waals surface area (Å²) < 4.78 is 44.3. The number of non-ortho nitro benzene ring substituents is 1. The van der Waals surface area contributed by atoms with Crippen molar-refractivity contribution < 1.29 is 81.2 Å². The van der Waals surface area contributed by atoms with Gasteiger partial charge in [0.2, 0.25) is 5.91 Å². The Morgan fingerprint density at radius 1 is 0.730 bits per heavy atom. The molecule has 1 aliphatic heterocycles. The van der Waals surface area contributed by atoms with Crippen molar-refractivity contribution in [1.29, 1.82) is 0 Å². The van der Waals surface area contributed by atoms with Gasteiger partial charge in [-0.3, -0.25) is 43.7 Å². The molecule has 0 aromatic heterocycles. The third kappa shape index (κ3) is 14.6. The minimum atomic E-state index is -1.41. The van der Waals surface area contributed by atoms with Crippen LogP contribution in [0.2, 0.25) is 0 Å². The maximum atomic E-state index is 13.8. The average molecular weight is 1020 g/mol. The number of nitro benzene ring substituents is 1. The van der Waals surface area contributed by atoms with Gasteiger partial charge in [-0.2, -0.15) is 0 Å². The quantitative estimate of drug-likeness (QED) is 0.0204. The molecule has 6 rings (SSSR count). The third-order valence-electron chi connectivity index (χ3n) is 12.6. The highest BCUT2D eigenvalue weighted by atomic mass is 16.7. The Bertz CT molecular complexity index is 2680. The Hall–Kier alpha value is -8.00. The number of ketones is 1. The van der Waals surface area contributed by atoms with E-state index in [1.54, 1.807) is 32.0 Å². The molecule has 7 atom stereocenters. The summed E-state index contributed by atoms with van der Waals surface area (Å²) >= 11 is 0. The zero-order valence-electron chi connectivity index (χ0n) is 41.7. The van der Waals surface area contributed by atoms with Crippen molar-refractivity contribution in [3.63, 3.8) is 0 Å². The van der Waals surface area contributed by atoms with Crippen LogP contribution in [0.15, 0.2) is 91.0 Å². The van der Waals surface area contributed by atoms with E-state index in [2.05, 4.69) is 5.32 Å². The van der Waals surface area contributed by atoms with Crippen molar-refractivity contribution >= 4 is 53.9 Å². The van der Waals surface area contributed by atoms with Gasteiger partial charge in [0.1, 0.15) is 31.7 Å². The molecule has 4 aromatic carbocycles. The fraction of sp³-hybridized carbons (Fsp3) is 0.407. The highest BCUT2D eigenvalue weighted by Crippen LogP contribution is 2.44. The van der Waals surface area contributed by atoms with E-state index in [9.17, 15) is 48.5 Å². The van der Waals surface area contributed by atoms with Crippen LogP contribution in [0.25, 0.3) is 11.1 Å². The number of benzene rings is 4. The summed E-state index contributed by atoms with van der Waals surface area (Å²) in [5.74, 6) is -5.12. The average Bonchev–Trinajstić information content (AvgIpc) is 3.67. The molecule has 1 aliphatic carbocycles. The summed E-state index contributed by atoms with van der Waals surface area (Å²) in [4.78, 5) is 113. The van der Waals surface area contributed by atoms with E-state index in [0.29, 0.717) is 16.7 Å². The number of fused-ring (bicyclic) bond motifs is 3. The number of ether oxygens (including phenoxy) is 8. The number of nitrogens with zero attached hydrogens (tertiary/aromatic N) is 1. The largest absolute Gasteiger partial charge is 0.514 e. The number of nitro groups is 1. The summed E-state index contributed by atoms with van der Waals surface area (Å²) in [5, 5.41) is 13.9. The van der Waals surface area contributed by atoms with Crippen molar-refractivity contribution in [2.75, 3.05) is 13.2 Å². The second-order valence-electron chi connectivity index (χ2n) is 18.2. The van der Waals surface area contributed by atoms with Crippen LogP contribution in [0.1, 0.15) is 88.1 Å². The molecule has 1 amide bonds. The second-order valence-corrected chi connectivity index (χ2v) is 18.2. The molecule has 4 aromatic rings. The Labute approximate surface area is 426 Å². The van der Waals surface area contributed by atoms with Crippen LogP contribution in [0, 0.1) is 22.0 Å². The normalized spacial score (nSPS) is 18.6. The number of esters is 4. The van der Waals surface area contributed by atoms with E-state index in [1.165, 1.54) is 19.1 Å². The number of nitrogens with one attached hydrogen (secondary N) is 1. The highest BCUT2D eigenvalue weighted by Gasteiger charge is 2.52. The number of rotatable bonds is 23. The molecule has 1 saturated heterocycles. The number of carbonyl (C=O) groups is 8. The molecule has 0 bridgehead atoms. The standard InChI is InChI=1S/C54H58N2O18/c1-30(2)44(25-49(62)68-27-45-42-13-9-7-11-40(42)41-12-8-10-14-43(41)45)53(63)55-31(3)46(61)24-35-15-16-37(26-69-54(64)73-39-20-18-38(19-21-39)56(65)66)36(23-35)17-22-47-50(70-32(4)58)52(72-34(6)60)51(71-33(5)59)48(74-47)28-67-29-57/h7-16,18-21,23,29-31,44-45,47-48,50-52H,17,22,24-28H2,1-6H3,(H,55,63)/t31-,44-,47-,48+,50-,51+,52+/m0/s1. The van der Waals surface area contributed by atoms with Gasteiger partial charge in [-0.25, -0.2) is 4.79 Å². The SMILES string of the molecule is CC(=O)O[C@@H]1[C@@H](OC(C)=O)[C@H](CCc2cc(CC(=O)[C@H](C)NC(=O)[C@@H](CC(=O)OCC3c4ccccc4-c4ccccc43)C(C)C)ccc2COC(=O)Oc2ccc([N+](=O)[O-])cc2)O[C@H](COC=O)[C@H]1OC(C)=O. The lowest BCUT2D eigenvalue weighted by Crippen LogP contribution is -2.62. The number of Topliss-reactive ketones (excluding diaryl/α,β-unsaturated/α-hetero) is 1. The van der Waals surface area contributed by atoms with Gasteiger partial charge in [-0.15, -0.1) is 0 Å². The molecule has 0 spiro atoms. The monoisotopic (exact) mass is 1020 g/mol. The van der Waals surface area contributed by atoms with Crippen LogP contribution in [0.3, 0.4) is 0 Å². The lowest BCUT2D eigenvalue weighted by atomic mass is 9.89. The summed E-state index contributed by atoms with van der Waals surface area (Å²) in [6, 6.07) is 24.5. The first-order chi connectivity index (χ1) is 35.3. The molecule has 0 saturated carbocycles. The Kier molecular flexibility index (Phi) is 19.1. The lowest BCUT2D eigenvalue weighted by Gasteiger charge is -2.44. The molecule has 1 fully saturated rings. The number of amides is 1. The second kappa shape index (κ2) is 25.6. The van der Waals surface area contributed by atoms with Crippen LogP contribution in [-0.2, 0) is 86.2 Å². The molecule has 74 heavy (non-hydrogen) atoms. The number of hydrogen-bond donors (Lipinski definition) is 1. The molecule has 2 aliphatic rings. The predicted octanol–water partition coefficient (Wildman–Crippen LogP) is 6.61. The van der Waals surface area contributed by atoms with Gasteiger partial charge >= 0.3 is 30.0 Å². The zero-order chi connectivity index (χ0) is 53.6. The zero-order valence-corrected chi connectivity index (χ0v) is 41.7. The number of carbonyl (C=O) groups excluding carboxylic acids is 8. The molecule has 0 radical (unpaired) electrons. The Balaban J connectivity index is 1.17. The first kappa shape index (κ1) is 55.3. The van der Waals surface area contributed by atoms with Gasteiger partial charge in [-0.1, -0.05) is 80.6 Å². The summed E-state index contributed by atoms with van der Waals surface area (Å²) in [6.07, 6.45) is -7.92. The van der Waals surface area contributed by atoms with Gasteiger partial charge in [0.25, 0.3) is 12.2 Å². The number of aryl methyl sites for hydroxylation is 1. The first-order valence-electron chi connectivity index (χ1n) is 23.9. The van der Waals surface area contributed by atoms with Gasteiger partial charge < -0.3 is 43.2 Å².